The molecule has 0 aromatic carbocycles. The van der Waals surface area contributed by atoms with Gasteiger partial charge in [-0.1, -0.05) is 0 Å². The Kier molecular flexibility index (Phi) is 10.5. The number of carbonyl (C=O) groups excluding carboxylic acids is 1. The van der Waals surface area contributed by atoms with Crippen LogP contribution in [-0.4, -0.2) is 75.3 Å². The Hall–Kier alpha value is -0.673. The molecule has 7 nitrogen and oxygen atoms in total. The quantitative estimate of drug-likeness (QED) is 0.298. The van der Waals surface area contributed by atoms with Crippen LogP contribution in [0, 0.1) is 0 Å². The van der Waals surface area contributed by atoms with Crippen molar-refractivity contribution < 1.29 is 28.2 Å². The molecule has 116 valence electrons. The van der Waals surface area contributed by atoms with Crippen LogP contribution in [-0.2, 0) is 23.4 Å². The highest BCUT2D eigenvalue weighted by atomic mass is 28.2. The maximum Gasteiger partial charge on any atom is 0.407 e. The first kappa shape index (κ1) is 17.4. The summed E-state index contributed by atoms with van der Waals surface area (Å²) in [4.78, 5) is 11.2. The highest BCUT2D eigenvalue weighted by molar-refractivity contribution is 6.26. The van der Waals surface area contributed by atoms with E-state index in [9.17, 15) is 4.79 Å². The van der Waals surface area contributed by atoms with Gasteiger partial charge in [-0.15, -0.1) is 0 Å². The van der Waals surface area contributed by atoms with Crippen molar-refractivity contribution in [1.82, 2.24) is 5.32 Å². The summed E-state index contributed by atoms with van der Waals surface area (Å²) in [5.41, 5.74) is 0. The molecule has 1 unspecified atom stereocenters. The molecule has 1 heterocycles. The Morgan fingerprint density at radius 2 is 2.05 bits per heavy atom. The van der Waals surface area contributed by atoms with E-state index in [2.05, 4.69) is 5.32 Å². The smallest absolute Gasteiger partial charge is 0.407 e. The average molecular weight is 305 g/mol. The van der Waals surface area contributed by atoms with Gasteiger partial charge in [-0.3, -0.25) is 0 Å². The second-order valence-electron chi connectivity index (χ2n) is 4.16. The van der Waals surface area contributed by atoms with E-state index in [1.165, 1.54) is 0 Å². The number of amides is 1. The van der Waals surface area contributed by atoms with Crippen molar-refractivity contribution in [2.75, 3.05) is 53.3 Å². The Labute approximate surface area is 122 Å². The third-order valence-electron chi connectivity index (χ3n) is 2.41. The van der Waals surface area contributed by atoms with Gasteiger partial charge in [0.2, 0.25) is 9.76 Å². The number of rotatable bonds is 13. The number of hydrogen-bond acceptors (Lipinski definition) is 6. The van der Waals surface area contributed by atoms with Crippen molar-refractivity contribution in [3.8, 4) is 0 Å². The zero-order valence-corrected chi connectivity index (χ0v) is 12.9. The molecule has 1 amide bonds. The number of alkyl carbamates (subject to hydrolysis) is 1. The van der Waals surface area contributed by atoms with Crippen molar-refractivity contribution in [3.05, 3.63) is 0 Å². The van der Waals surface area contributed by atoms with E-state index in [0.717, 1.165) is 19.1 Å². The van der Waals surface area contributed by atoms with Crippen molar-refractivity contribution in [2.24, 2.45) is 0 Å². The van der Waals surface area contributed by atoms with Crippen LogP contribution in [0.3, 0.4) is 0 Å². The third kappa shape index (κ3) is 11.2. The maximum absolute atomic E-state index is 11.2. The van der Waals surface area contributed by atoms with Crippen molar-refractivity contribution in [2.45, 2.75) is 18.6 Å². The molecule has 0 aliphatic carbocycles. The molecule has 0 aromatic heterocycles. The molecule has 0 spiro atoms. The van der Waals surface area contributed by atoms with Gasteiger partial charge >= 0.3 is 6.09 Å². The monoisotopic (exact) mass is 305 g/mol. The highest BCUT2D eigenvalue weighted by Gasteiger charge is 2.21. The Morgan fingerprint density at radius 3 is 2.80 bits per heavy atom. The van der Waals surface area contributed by atoms with E-state index < -0.39 is 6.09 Å². The number of hydrogen-bond donors (Lipinski definition) is 1. The molecule has 1 fully saturated rings. The summed E-state index contributed by atoms with van der Waals surface area (Å²) < 4.78 is 25.4. The summed E-state index contributed by atoms with van der Waals surface area (Å²) in [7, 11) is 2.16. The van der Waals surface area contributed by atoms with Gasteiger partial charge in [-0.25, -0.2) is 4.79 Å². The second kappa shape index (κ2) is 12.1. The standard InChI is InChI=1S/C12H23NO6Si/c1-15-20-8-2-3-13-12(14)18-7-6-16-4-5-17-9-11-10-19-11/h11H,2-10H2,1H3,(H,13,14). The Morgan fingerprint density at radius 1 is 1.30 bits per heavy atom. The van der Waals surface area contributed by atoms with E-state index in [0.29, 0.717) is 42.7 Å². The molecule has 20 heavy (non-hydrogen) atoms. The summed E-state index contributed by atoms with van der Waals surface area (Å²) in [5, 5.41) is 2.67. The highest BCUT2D eigenvalue weighted by Crippen LogP contribution is 2.07. The van der Waals surface area contributed by atoms with Gasteiger partial charge in [0.25, 0.3) is 0 Å². The fourth-order valence-corrected chi connectivity index (χ4v) is 1.82. The minimum atomic E-state index is -0.406. The Bertz CT molecular complexity index is 252. The lowest BCUT2D eigenvalue weighted by molar-refractivity contribution is 0.0244. The lowest BCUT2D eigenvalue weighted by Gasteiger charge is -2.07. The van der Waals surface area contributed by atoms with Crippen LogP contribution in [0.15, 0.2) is 0 Å². The topological polar surface area (TPSA) is 78.6 Å². The number of epoxide rings is 1. The summed E-state index contributed by atoms with van der Waals surface area (Å²) in [6.07, 6.45) is 0.767. The van der Waals surface area contributed by atoms with Gasteiger partial charge in [-0.05, 0) is 12.5 Å². The summed E-state index contributed by atoms with van der Waals surface area (Å²) in [6.45, 7) is 3.69. The Balaban J connectivity index is 1.72. The fraction of sp³-hybridized carbons (Fsp3) is 0.917. The van der Waals surface area contributed by atoms with E-state index in [1.807, 2.05) is 0 Å². The molecule has 1 N–H and O–H groups in total. The van der Waals surface area contributed by atoms with Gasteiger partial charge in [0.15, 0.2) is 0 Å². The molecular formula is C12H23NO6Si. The largest absolute Gasteiger partial charge is 0.447 e. The number of carbonyl (C=O) groups is 1. The first-order chi connectivity index (χ1) is 9.83. The van der Waals surface area contributed by atoms with Crippen LogP contribution in [0.2, 0.25) is 6.04 Å². The van der Waals surface area contributed by atoms with E-state index in [4.69, 9.17) is 23.4 Å². The van der Waals surface area contributed by atoms with Crippen LogP contribution >= 0.6 is 0 Å². The van der Waals surface area contributed by atoms with E-state index in [1.54, 1.807) is 7.11 Å². The van der Waals surface area contributed by atoms with Crippen molar-refractivity contribution in [3.63, 3.8) is 0 Å². The fourth-order valence-electron chi connectivity index (χ4n) is 1.30. The van der Waals surface area contributed by atoms with Gasteiger partial charge in [-0.2, -0.15) is 0 Å². The van der Waals surface area contributed by atoms with E-state index in [-0.39, 0.29) is 12.7 Å². The van der Waals surface area contributed by atoms with Crippen LogP contribution in [0.4, 0.5) is 4.79 Å². The van der Waals surface area contributed by atoms with Crippen LogP contribution < -0.4 is 5.32 Å². The average Bonchev–Trinajstić information content (AvgIpc) is 3.25. The molecule has 8 heteroatoms. The third-order valence-corrected chi connectivity index (χ3v) is 3.25. The van der Waals surface area contributed by atoms with Gasteiger partial charge in [0.1, 0.15) is 12.7 Å². The first-order valence-electron chi connectivity index (χ1n) is 6.76. The molecule has 1 aliphatic rings. The molecule has 1 saturated heterocycles. The first-order valence-corrected chi connectivity index (χ1v) is 7.88. The van der Waals surface area contributed by atoms with Gasteiger partial charge in [0.05, 0.1) is 33.0 Å². The molecule has 2 radical (unpaired) electrons. The SMILES string of the molecule is CO[Si]CCCNC(=O)OCCOCCOCC1CO1. The summed E-state index contributed by atoms with van der Waals surface area (Å²) >= 11 is 0. The lowest BCUT2D eigenvalue weighted by Crippen LogP contribution is -2.27. The number of ether oxygens (including phenoxy) is 4. The van der Waals surface area contributed by atoms with Crippen molar-refractivity contribution >= 4 is 15.9 Å². The normalized spacial score (nSPS) is 16.9. The molecular weight excluding hydrogens is 282 g/mol. The summed E-state index contributed by atoms with van der Waals surface area (Å²) in [6, 6.07) is 0.950. The second-order valence-corrected chi connectivity index (χ2v) is 5.35. The summed E-state index contributed by atoms with van der Waals surface area (Å²) in [5.74, 6) is 0. The van der Waals surface area contributed by atoms with Gasteiger partial charge in [0, 0.05) is 13.7 Å². The minimum Gasteiger partial charge on any atom is -0.447 e. The number of nitrogens with one attached hydrogen (secondary N) is 1. The van der Waals surface area contributed by atoms with Crippen LogP contribution in [0.1, 0.15) is 6.42 Å². The molecule has 0 bridgehead atoms. The zero-order chi connectivity index (χ0) is 14.5. The van der Waals surface area contributed by atoms with Crippen LogP contribution in [0.25, 0.3) is 0 Å². The minimum absolute atomic E-state index is 0.247. The van der Waals surface area contributed by atoms with Crippen LogP contribution in [0.5, 0.6) is 0 Å². The zero-order valence-electron chi connectivity index (χ0n) is 11.9. The van der Waals surface area contributed by atoms with E-state index >= 15 is 0 Å². The molecule has 0 saturated carbocycles. The molecule has 1 atom stereocenters. The lowest BCUT2D eigenvalue weighted by atomic mass is 10.5. The predicted molar refractivity (Wildman–Crippen MR) is 72.9 cm³/mol. The molecule has 1 aliphatic heterocycles. The van der Waals surface area contributed by atoms with Crippen molar-refractivity contribution in [1.29, 1.82) is 0 Å². The van der Waals surface area contributed by atoms with Gasteiger partial charge < -0.3 is 28.7 Å². The molecule has 1 rings (SSSR count). The predicted octanol–water partition coefficient (Wildman–Crippen LogP) is 0.219. The molecule has 0 aromatic rings. The maximum atomic E-state index is 11.2.